The van der Waals surface area contributed by atoms with Crippen LogP contribution in [-0.4, -0.2) is 80.7 Å². The van der Waals surface area contributed by atoms with Crippen LogP contribution in [0, 0.1) is 5.92 Å². The Bertz CT molecular complexity index is 2270. The van der Waals surface area contributed by atoms with Gasteiger partial charge >= 0.3 is 5.69 Å². The maximum atomic E-state index is 13.5. The Kier molecular flexibility index (Phi) is 9.79. The molecular formula is C38H39ClN6O6. The number of H-pyrrole nitrogens is 1. The number of fused-ring (bicyclic) bond motifs is 1. The molecule has 0 aliphatic carbocycles. The van der Waals surface area contributed by atoms with E-state index in [1.165, 1.54) is 23.9 Å². The molecule has 51 heavy (non-hydrogen) atoms. The van der Waals surface area contributed by atoms with E-state index >= 15 is 0 Å². The molecule has 5 aromatic rings. The van der Waals surface area contributed by atoms with E-state index in [1.807, 2.05) is 35.4 Å². The van der Waals surface area contributed by atoms with Gasteiger partial charge < -0.3 is 23.8 Å². The van der Waals surface area contributed by atoms with Crippen molar-refractivity contribution in [3.8, 4) is 28.3 Å². The van der Waals surface area contributed by atoms with Crippen LogP contribution in [0.3, 0.4) is 0 Å². The number of carbonyl (C=O) groups excluding carboxylic acids is 1. The number of hydrogen-bond donors (Lipinski definition) is 1. The van der Waals surface area contributed by atoms with Crippen molar-refractivity contribution in [3.05, 3.63) is 115 Å². The molecule has 2 fully saturated rings. The van der Waals surface area contributed by atoms with Crippen molar-refractivity contribution in [1.82, 2.24) is 28.9 Å². The molecule has 0 saturated carbocycles. The minimum Gasteiger partial charge on any atom is -0.495 e. The Morgan fingerprint density at radius 3 is 2.43 bits per heavy atom. The lowest BCUT2D eigenvalue weighted by Gasteiger charge is -2.37. The molecule has 2 aliphatic heterocycles. The standard InChI is InChI=1S/C38H39ClN6O6/c1-42-23-30(28-7-13-40-21-29(28)37(42)48)25-3-5-33(31(39)19-25)51-27-10-14-43(15-11-27)22-24-8-16-44(17-9-24)36(47)26-4-6-34(50-2)32(20-26)45-18-12-35(46)41-38(45)49/h3-7,12-13,18-21,23-24,27H,8-11,14-17,22H2,1-2H3,(H,41,46,49). The Hall–Kier alpha value is -5.20. The van der Waals surface area contributed by atoms with Crippen LogP contribution in [0.4, 0.5) is 0 Å². The zero-order valence-electron chi connectivity index (χ0n) is 28.5. The fraction of sp³-hybridized carbons (Fsp3) is 0.342. The van der Waals surface area contributed by atoms with Gasteiger partial charge in [0.2, 0.25) is 0 Å². The van der Waals surface area contributed by atoms with Gasteiger partial charge in [-0.1, -0.05) is 17.7 Å². The summed E-state index contributed by atoms with van der Waals surface area (Å²) in [6.45, 7) is 4.15. The molecule has 0 spiro atoms. The number of pyridine rings is 2. The molecule has 1 amide bonds. The summed E-state index contributed by atoms with van der Waals surface area (Å²) in [5.41, 5.74) is 1.45. The molecule has 0 radical (unpaired) electrons. The van der Waals surface area contributed by atoms with Crippen LogP contribution in [0.5, 0.6) is 11.5 Å². The number of aromatic amines is 1. The third kappa shape index (κ3) is 7.19. The highest BCUT2D eigenvalue weighted by Crippen LogP contribution is 2.35. The first kappa shape index (κ1) is 34.3. The molecule has 13 heteroatoms. The largest absolute Gasteiger partial charge is 0.495 e. The first-order valence-electron chi connectivity index (χ1n) is 17.1. The Balaban J connectivity index is 0.914. The number of likely N-dealkylation sites (tertiary alicyclic amines) is 2. The van der Waals surface area contributed by atoms with Crippen molar-refractivity contribution in [2.75, 3.05) is 39.8 Å². The third-order valence-electron chi connectivity index (χ3n) is 9.98. The van der Waals surface area contributed by atoms with E-state index in [9.17, 15) is 19.2 Å². The minimum atomic E-state index is -0.605. The summed E-state index contributed by atoms with van der Waals surface area (Å²) in [7, 11) is 3.22. The van der Waals surface area contributed by atoms with Gasteiger partial charge in [-0.25, -0.2) is 4.79 Å². The lowest BCUT2D eigenvalue weighted by Crippen LogP contribution is -2.44. The molecule has 5 heterocycles. The monoisotopic (exact) mass is 710 g/mol. The minimum absolute atomic E-state index is 0.0647. The van der Waals surface area contributed by atoms with Crippen LogP contribution < -0.4 is 26.3 Å². The van der Waals surface area contributed by atoms with Gasteiger partial charge in [0.1, 0.15) is 17.6 Å². The number of aromatic nitrogens is 4. The number of ether oxygens (including phenoxy) is 2. The quantitative estimate of drug-likeness (QED) is 0.249. The number of nitrogens with zero attached hydrogens (tertiary/aromatic N) is 5. The van der Waals surface area contributed by atoms with Crippen LogP contribution in [-0.2, 0) is 7.05 Å². The maximum Gasteiger partial charge on any atom is 0.333 e. The average Bonchev–Trinajstić information content (AvgIpc) is 3.14. The number of halogens is 1. The molecule has 7 rings (SSSR count). The molecule has 0 atom stereocenters. The Labute approximate surface area is 298 Å². The molecule has 0 bridgehead atoms. The van der Waals surface area contributed by atoms with Crippen LogP contribution in [0.15, 0.2) is 87.7 Å². The Morgan fingerprint density at radius 2 is 1.71 bits per heavy atom. The number of methoxy groups -OCH3 is 1. The van der Waals surface area contributed by atoms with Crippen molar-refractivity contribution in [2.45, 2.75) is 31.8 Å². The van der Waals surface area contributed by atoms with Crippen LogP contribution in [0.25, 0.3) is 27.6 Å². The fourth-order valence-electron chi connectivity index (χ4n) is 7.18. The normalized spacial score (nSPS) is 16.0. The molecule has 0 unspecified atom stereocenters. The number of nitrogens with one attached hydrogen (secondary N) is 1. The van der Waals surface area contributed by atoms with Gasteiger partial charge in [-0.15, -0.1) is 0 Å². The van der Waals surface area contributed by atoms with E-state index < -0.39 is 11.2 Å². The van der Waals surface area contributed by atoms with E-state index in [4.69, 9.17) is 21.1 Å². The van der Waals surface area contributed by atoms with E-state index in [0.717, 1.165) is 61.8 Å². The second-order valence-electron chi connectivity index (χ2n) is 13.2. The number of aryl methyl sites for hydroxylation is 1. The van der Waals surface area contributed by atoms with Gasteiger partial charge in [0, 0.05) is 81.8 Å². The van der Waals surface area contributed by atoms with Crippen molar-refractivity contribution in [2.24, 2.45) is 13.0 Å². The number of hydrogen-bond acceptors (Lipinski definition) is 8. The number of rotatable bonds is 8. The van der Waals surface area contributed by atoms with Gasteiger partial charge in [0.25, 0.3) is 17.0 Å². The third-order valence-corrected chi connectivity index (χ3v) is 10.3. The van der Waals surface area contributed by atoms with Crippen LogP contribution in [0.1, 0.15) is 36.0 Å². The Morgan fingerprint density at radius 1 is 0.941 bits per heavy atom. The highest BCUT2D eigenvalue weighted by molar-refractivity contribution is 6.32. The molecule has 264 valence electrons. The maximum absolute atomic E-state index is 13.5. The molecular weight excluding hydrogens is 672 g/mol. The summed E-state index contributed by atoms with van der Waals surface area (Å²) in [6.07, 6.45) is 10.2. The summed E-state index contributed by atoms with van der Waals surface area (Å²) < 4.78 is 14.6. The van der Waals surface area contributed by atoms with E-state index in [2.05, 4.69) is 14.9 Å². The van der Waals surface area contributed by atoms with Crippen molar-refractivity contribution >= 4 is 28.3 Å². The van der Waals surface area contributed by atoms with Crippen LogP contribution >= 0.6 is 11.6 Å². The lowest BCUT2D eigenvalue weighted by atomic mass is 9.94. The van der Waals surface area contributed by atoms with Gasteiger partial charge in [0.05, 0.1) is 23.2 Å². The average molecular weight is 711 g/mol. The number of carbonyl (C=O) groups is 1. The SMILES string of the molecule is COc1ccc(C(=O)N2CCC(CN3CCC(Oc4ccc(-c5cn(C)c(=O)c6cnccc56)cc4Cl)CC3)CC2)cc1-n1ccc(=O)[nH]c1=O. The summed E-state index contributed by atoms with van der Waals surface area (Å²) >= 11 is 6.74. The van der Waals surface area contributed by atoms with E-state index in [-0.39, 0.29) is 17.6 Å². The summed E-state index contributed by atoms with van der Waals surface area (Å²) in [6, 6.07) is 13.9. The molecule has 2 aliphatic rings. The first-order chi connectivity index (χ1) is 24.7. The molecule has 3 aromatic heterocycles. The molecule has 1 N–H and O–H groups in total. The summed E-state index contributed by atoms with van der Waals surface area (Å²) in [5.74, 6) is 1.46. The molecule has 12 nitrogen and oxygen atoms in total. The molecule has 2 aromatic carbocycles. The fourth-order valence-corrected chi connectivity index (χ4v) is 7.40. The topological polar surface area (TPSA) is 132 Å². The van der Waals surface area contributed by atoms with Gasteiger partial charge in [-0.3, -0.25) is 28.9 Å². The first-order valence-corrected chi connectivity index (χ1v) is 17.5. The predicted molar refractivity (Wildman–Crippen MR) is 195 cm³/mol. The zero-order valence-corrected chi connectivity index (χ0v) is 29.3. The van der Waals surface area contributed by atoms with Gasteiger partial charge in [-0.2, -0.15) is 0 Å². The molecule has 2 saturated heterocycles. The number of amides is 1. The van der Waals surface area contributed by atoms with Crippen molar-refractivity contribution < 1.29 is 14.3 Å². The van der Waals surface area contributed by atoms with Crippen molar-refractivity contribution in [3.63, 3.8) is 0 Å². The zero-order chi connectivity index (χ0) is 35.6. The number of benzene rings is 2. The highest BCUT2D eigenvalue weighted by Gasteiger charge is 2.28. The lowest BCUT2D eigenvalue weighted by molar-refractivity contribution is 0.0606. The van der Waals surface area contributed by atoms with E-state index in [1.54, 1.807) is 42.2 Å². The van der Waals surface area contributed by atoms with Crippen molar-refractivity contribution in [1.29, 1.82) is 0 Å². The summed E-state index contributed by atoms with van der Waals surface area (Å²) in [5, 5.41) is 1.92. The highest BCUT2D eigenvalue weighted by atomic mass is 35.5. The van der Waals surface area contributed by atoms with E-state index in [0.29, 0.717) is 52.2 Å². The smallest absolute Gasteiger partial charge is 0.333 e. The number of piperidine rings is 2. The second-order valence-corrected chi connectivity index (χ2v) is 13.7. The summed E-state index contributed by atoms with van der Waals surface area (Å²) in [4.78, 5) is 60.8. The van der Waals surface area contributed by atoms with Gasteiger partial charge in [0.15, 0.2) is 0 Å². The second kappa shape index (κ2) is 14.6. The van der Waals surface area contributed by atoms with Gasteiger partial charge in [-0.05, 0) is 78.9 Å². The predicted octanol–water partition coefficient (Wildman–Crippen LogP) is 4.50. The van der Waals surface area contributed by atoms with Crippen LogP contribution in [0.2, 0.25) is 5.02 Å².